The first-order valence-corrected chi connectivity index (χ1v) is 6.72. The highest BCUT2D eigenvalue weighted by molar-refractivity contribution is 6.30. The van der Waals surface area contributed by atoms with Gasteiger partial charge in [-0.05, 0) is 26.0 Å². The van der Waals surface area contributed by atoms with E-state index in [0.29, 0.717) is 30.3 Å². The second kappa shape index (κ2) is 8.25. The lowest BCUT2D eigenvalue weighted by molar-refractivity contribution is 0.132. The molecule has 19 heavy (non-hydrogen) atoms. The van der Waals surface area contributed by atoms with E-state index in [-0.39, 0.29) is 6.10 Å². The number of benzene rings is 1. The van der Waals surface area contributed by atoms with Crippen molar-refractivity contribution in [1.82, 2.24) is 0 Å². The lowest BCUT2D eigenvalue weighted by Gasteiger charge is -2.20. The van der Waals surface area contributed by atoms with Gasteiger partial charge < -0.3 is 19.9 Å². The first-order chi connectivity index (χ1) is 9.12. The molecule has 0 aromatic heterocycles. The highest BCUT2D eigenvalue weighted by Crippen LogP contribution is 2.35. The number of rotatable bonds is 8. The molecule has 0 radical (unpaired) electrons. The molecule has 0 amide bonds. The fourth-order valence-corrected chi connectivity index (χ4v) is 2.02. The Morgan fingerprint density at radius 2 is 2.05 bits per heavy atom. The Labute approximate surface area is 119 Å². The van der Waals surface area contributed by atoms with Crippen LogP contribution < -0.4 is 15.2 Å². The summed E-state index contributed by atoms with van der Waals surface area (Å²) in [4.78, 5) is 0. The molecule has 1 unspecified atom stereocenters. The van der Waals surface area contributed by atoms with Gasteiger partial charge in [-0.3, -0.25) is 0 Å². The molecule has 1 aromatic rings. The Hall–Kier alpha value is -0.970. The lowest BCUT2D eigenvalue weighted by atomic mass is 10.1. The Bertz CT molecular complexity index is 399. The number of hydrogen-bond donors (Lipinski definition) is 1. The zero-order valence-electron chi connectivity index (χ0n) is 11.7. The highest BCUT2D eigenvalue weighted by atomic mass is 35.5. The van der Waals surface area contributed by atoms with Crippen LogP contribution >= 0.6 is 11.6 Å². The summed E-state index contributed by atoms with van der Waals surface area (Å²) < 4.78 is 16.3. The van der Waals surface area contributed by atoms with Crippen LogP contribution in [0.2, 0.25) is 5.02 Å². The number of methoxy groups -OCH3 is 2. The van der Waals surface area contributed by atoms with Gasteiger partial charge >= 0.3 is 0 Å². The summed E-state index contributed by atoms with van der Waals surface area (Å²) in [6.07, 6.45) is 1.54. The fourth-order valence-electron chi connectivity index (χ4n) is 1.79. The normalized spacial score (nSPS) is 12.3. The number of halogens is 1. The molecule has 4 nitrogen and oxygen atoms in total. The molecule has 0 saturated carbocycles. The predicted molar refractivity (Wildman–Crippen MR) is 77.3 cm³/mol. The van der Waals surface area contributed by atoms with Crippen molar-refractivity contribution in [3.05, 3.63) is 22.7 Å². The van der Waals surface area contributed by atoms with E-state index in [1.54, 1.807) is 20.3 Å². The number of ether oxygens (including phenoxy) is 3. The SMILES string of the molecule is COCCC(C)Oc1c(CCN)cc(Cl)cc1OC. The van der Waals surface area contributed by atoms with Crippen LogP contribution in [0.25, 0.3) is 0 Å². The van der Waals surface area contributed by atoms with Crippen LogP contribution in [0.1, 0.15) is 18.9 Å². The molecule has 0 aliphatic rings. The zero-order chi connectivity index (χ0) is 14.3. The van der Waals surface area contributed by atoms with Crippen molar-refractivity contribution in [2.45, 2.75) is 25.9 Å². The summed E-state index contributed by atoms with van der Waals surface area (Å²) >= 11 is 6.06. The van der Waals surface area contributed by atoms with Crippen LogP contribution in [0.5, 0.6) is 11.5 Å². The standard InChI is InChI=1S/C14H22ClNO3/c1-10(5-7-17-2)19-14-11(4-6-16)8-12(15)9-13(14)18-3/h8-10H,4-7,16H2,1-3H3. The molecule has 0 fully saturated rings. The molecule has 2 N–H and O–H groups in total. The van der Waals surface area contributed by atoms with Crippen LogP contribution in [0.3, 0.4) is 0 Å². The summed E-state index contributed by atoms with van der Waals surface area (Å²) in [5.74, 6) is 1.36. The summed E-state index contributed by atoms with van der Waals surface area (Å²) in [5, 5.41) is 0.622. The minimum atomic E-state index is 0.0338. The largest absolute Gasteiger partial charge is 0.493 e. The third kappa shape index (κ3) is 4.90. The Morgan fingerprint density at radius 1 is 1.32 bits per heavy atom. The molecule has 1 atom stereocenters. The molecule has 0 heterocycles. The van der Waals surface area contributed by atoms with Gasteiger partial charge in [0.25, 0.3) is 0 Å². The molecule has 0 bridgehead atoms. The van der Waals surface area contributed by atoms with E-state index in [4.69, 9.17) is 31.5 Å². The molecule has 5 heteroatoms. The molecule has 108 valence electrons. The third-order valence-corrected chi connectivity index (χ3v) is 3.00. The molecule has 1 rings (SSSR count). The fraction of sp³-hybridized carbons (Fsp3) is 0.571. The maximum Gasteiger partial charge on any atom is 0.164 e. The van der Waals surface area contributed by atoms with Gasteiger partial charge in [-0.25, -0.2) is 0 Å². The second-order valence-corrected chi connectivity index (χ2v) is 4.78. The van der Waals surface area contributed by atoms with Crippen molar-refractivity contribution in [3.8, 4) is 11.5 Å². The summed E-state index contributed by atoms with van der Waals surface area (Å²) in [6.45, 7) is 3.19. The van der Waals surface area contributed by atoms with Gasteiger partial charge in [0.15, 0.2) is 11.5 Å². The summed E-state index contributed by atoms with van der Waals surface area (Å²) in [5.41, 5.74) is 6.59. The second-order valence-electron chi connectivity index (χ2n) is 4.34. The van der Waals surface area contributed by atoms with Gasteiger partial charge in [0.2, 0.25) is 0 Å². The maximum atomic E-state index is 6.06. The molecule has 0 spiro atoms. The van der Waals surface area contributed by atoms with Crippen LogP contribution in [0, 0.1) is 0 Å². The lowest BCUT2D eigenvalue weighted by Crippen LogP contribution is -2.16. The predicted octanol–water partition coefficient (Wildman–Crippen LogP) is 2.65. The molecule has 1 aromatic carbocycles. The summed E-state index contributed by atoms with van der Waals surface area (Å²) in [7, 11) is 3.28. The van der Waals surface area contributed by atoms with Crippen molar-refractivity contribution >= 4 is 11.6 Å². The molecule has 0 aliphatic carbocycles. The van der Waals surface area contributed by atoms with Gasteiger partial charge in [0.05, 0.1) is 13.2 Å². The summed E-state index contributed by atoms with van der Waals surface area (Å²) in [6, 6.07) is 3.62. The quantitative estimate of drug-likeness (QED) is 0.799. The van der Waals surface area contributed by atoms with Gasteiger partial charge in [-0.2, -0.15) is 0 Å². The smallest absolute Gasteiger partial charge is 0.164 e. The first-order valence-electron chi connectivity index (χ1n) is 6.34. The van der Waals surface area contributed by atoms with Crippen molar-refractivity contribution in [2.24, 2.45) is 5.73 Å². The average molecular weight is 288 g/mol. The Kier molecular flexibility index (Phi) is 6.99. The van der Waals surface area contributed by atoms with Gasteiger partial charge in [0.1, 0.15) is 0 Å². The van der Waals surface area contributed by atoms with Crippen molar-refractivity contribution < 1.29 is 14.2 Å². The Morgan fingerprint density at radius 3 is 2.63 bits per heavy atom. The van der Waals surface area contributed by atoms with Crippen LogP contribution in [0.15, 0.2) is 12.1 Å². The van der Waals surface area contributed by atoms with E-state index in [1.165, 1.54) is 0 Å². The van der Waals surface area contributed by atoms with E-state index in [1.807, 2.05) is 13.0 Å². The molecular formula is C14H22ClNO3. The van der Waals surface area contributed by atoms with Crippen molar-refractivity contribution in [1.29, 1.82) is 0 Å². The third-order valence-electron chi connectivity index (χ3n) is 2.78. The maximum absolute atomic E-state index is 6.06. The van der Waals surface area contributed by atoms with Gasteiger partial charge in [-0.1, -0.05) is 11.6 Å². The van der Waals surface area contributed by atoms with Crippen LogP contribution in [0.4, 0.5) is 0 Å². The minimum Gasteiger partial charge on any atom is -0.493 e. The van der Waals surface area contributed by atoms with Crippen LogP contribution in [-0.4, -0.2) is 33.5 Å². The zero-order valence-corrected chi connectivity index (χ0v) is 12.5. The Balaban J connectivity index is 2.94. The van der Waals surface area contributed by atoms with E-state index in [2.05, 4.69) is 0 Å². The van der Waals surface area contributed by atoms with Crippen LogP contribution in [-0.2, 0) is 11.2 Å². The van der Waals surface area contributed by atoms with E-state index in [0.717, 1.165) is 17.7 Å². The molecular weight excluding hydrogens is 266 g/mol. The molecule has 0 aliphatic heterocycles. The van der Waals surface area contributed by atoms with E-state index >= 15 is 0 Å². The number of nitrogens with two attached hydrogens (primary N) is 1. The van der Waals surface area contributed by atoms with Crippen molar-refractivity contribution in [3.63, 3.8) is 0 Å². The monoisotopic (exact) mass is 287 g/mol. The minimum absolute atomic E-state index is 0.0338. The highest BCUT2D eigenvalue weighted by Gasteiger charge is 2.15. The van der Waals surface area contributed by atoms with Gasteiger partial charge in [-0.15, -0.1) is 0 Å². The van der Waals surface area contributed by atoms with Gasteiger partial charge in [0, 0.05) is 36.8 Å². The van der Waals surface area contributed by atoms with Crippen molar-refractivity contribution in [2.75, 3.05) is 27.4 Å². The number of hydrogen-bond acceptors (Lipinski definition) is 4. The van der Waals surface area contributed by atoms with E-state index < -0.39 is 0 Å². The topological polar surface area (TPSA) is 53.7 Å². The molecule has 0 saturated heterocycles. The average Bonchev–Trinajstić information content (AvgIpc) is 2.39. The first kappa shape index (κ1) is 16.1. The van der Waals surface area contributed by atoms with E-state index in [9.17, 15) is 0 Å².